The number of pyridine rings is 1. The van der Waals surface area contributed by atoms with Crippen molar-refractivity contribution in [3.8, 4) is 0 Å². The minimum absolute atomic E-state index is 0.0187. The molecule has 0 unspecified atom stereocenters. The molecule has 20 heavy (non-hydrogen) atoms. The Labute approximate surface area is 133 Å². The zero-order chi connectivity index (χ0) is 14.7. The molecule has 0 saturated carbocycles. The summed E-state index contributed by atoms with van der Waals surface area (Å²) < 4.78 is 2.77. The molecular weight excluding hydrogens is 388 g/mol. The van der Waals surface area contributed by atoms with E-state index in [1.54, 1.807) is 24.4 Å². The molecule has 1 amide bonds. The summed E-state index contributed by atoms with van der Waals surface area (Å²) in [4.78, 5) is 23.8. The number of anilines is 1. The van der Waals surface area contributed by atoms with E-state index in [4.69, 9.17) is 0 Å². The predicted octanol–water partition coefficient (Wildman–Crippen LogP) is 3.32. The number of hydrogen-bond donors (Lipinski definition) is 1. The van der Waals surface area contributed by atoms with Crippen molar-refractivity contribution in [2.24, 2.45) is 0 Å². The van der Waals surface area contributed by atoms with E-state index in [-0.39, 0.29) is 18.0 Å². The standard InChI is InChI=1S/C14H12Br2N2O2/c1-9-6-12(16)14(20)18(7-9)8-13(19)17-11-4-2-10(15)3-5-11/h2-7H,8H2,1H3,(H,17,19). The van der Waals surface area contributed by atoms with Crippen LogP contribution in [0.2, 0.25) is 0 Å². The van der Waals surface area contributed by atoms with Crippen LogP contribution < -0.4 is 10.9 Å². The van der Waals surface area contributed by atoms with E-state index in [9.17, 15) is 9.59 Å². The third-order valence-electron chi connectivity index (χ3n) is 2.62. The summed E-state index contributed by atoms with van der Waals surface area (Å²) in [5.41, 5.74) is 1.38. The molecule has 0 spiro atoms. The van der Waals surface area contributed by atoms with E-state index < -0.39 is 0 Å². The molecule has 4 nitrogen and oxygen atoms in total. The van der Waals surface area contributed by atoms with Crippen LogP contribution in [0.15, 0.2) is 50.3 Å². The van der Waals surface area contributed by atoms with Crippen LogP contribution in [0.3, 0.4) is 0 Å². The molecule has 0 atom stereocenters. The monoisotopic (exact) mass is 398 g/mol. The smallest absolute Gasteiger partial charge is 0.265 e. The first-order valence-corrected chi connectivity index (χ1v) is 7.46. The number of rotatable bonds is 3. The number of nitrogens with zero attached hydrogens (tertiary/aromatic N) is 1. The summed E-state index contributed by atoms with van der Waals surface area (Å²) in [5.74, 6) is -0.244. The summed E-state index contributed by atoms with van der Waals surface area (Å²) in [7, 11) is 0. The van der Waals surface area contributed by atoms with E-state index in [0.29, 0.717) is 10.2 Å². The van der Waals surface area contributed by atoms with Gasteiger partial charge in [-0.25, -0.2) is 0 Å². The van der Waals surface area contributed by atoms with E-state index in [1.807, 2.05) is 19.1 Å². The van der Waals surface area contributed by atoms with Gasteiger partial charge in [-0.05, 0) is 58.7 Å². The lowest BCUT2D eigenvalue weighted by molar-refractivity contribution is -0.116. The predicted molar refractivity (Wildman–Crippen MR) is 85.9 cm³/mol. The molecule has 1 aromatic heterocycles. The molecule has 0 aliphatic rings. The molecule has 1 heterocycles. The van der Waals surface area contributed by atoms with Crippen LogP contribution >= 0.6 is 31.9 Å². The van der Waals surface area contributed by atoms with Gasteiger partial charge in [0.05, 0.1) is 4.47 Å². The van der Waals surface area contributed by atoms with Gasteiger partial charge in [-0.1, -0.05) is 15.9 Å². The number of hydrogen-bond acceptors (Lipinski definition) is 2. The molecule has 0 fully saturated rings. The Morgan fingerprint density at radius 1 is 1.25 bits per heavy atom. The van der Waals surface area contributed by atoms with Gasteiger partial charge in [0.2, 0.25) is 5.91 Å². The van der Waals surface area contributed by atoms with Crippen molar-refractivity contribution in [2.75, 3.05) is 5.32 Å². The number of carbonyl (C=O) groups is 1. The number of halogens is 2. The van der Waals surface area contributed by atoms with Gasteiger partial charge < -0.3 is 9.88 Å². The maximum atomic E-state index is 11.9. The number of benzene rings is 1. The highest BCUT2D eigenvalue weighted by Crippen LogP contribution is 2.14. The average Bonchev–Trinajstić information content (AvgIpc) is 2.38. The minimum Gasteiger partial charge on any atom is -0.325 e. The quantitative estimate of drug-likeness (QED) is 0.860. The van der Waals surface area contributed by atoms with Crippen molar-refractivity contribution in [2.45, 2.75) is 13.5 Å². The third kappa shape index (κ3) is 3.80. The molecule has 1 N–H and O–H groups in total. The Hall–Kier alpha value is -1.40. The normalized spacial score (nSPS) is 10.3. The average molecular weight is 400 g/mol. The van der Waals surface area contributed by atoms with E-state index >= 15 is 0 Å². The Bertz CT molecular complexity index is 693. The zero-order valence-electron chi connectivity index (χ0n) is 10.7. The van der Waals surface area contributed by atoms with Crippen molar-refractivity contribution < 1.29 is 4.79 Å². The van der Waals surface area contributed by atoms with E-state index in [1.165, 1.54) is 4.57 Å². The van der Waals surface area contributed by atoms with Gasteiger partial charge in [0, 0.05) is 16.4 Å². The molecule has 0 bridgehead atoms. The molecule has 2 aromatic rings. The number of carbonyl (C=O) groups excluding carboxylic acids is 1. The van der Waals surface area contributed by atoms with Crippen LogP contribution in [0.5, 0.6) is 0 Å². The third-order valence-corrected chi connectivity index (χ3v) is 3.72. The first-order valence-electron chi connectivity index (χ1n) is 5.88. The fourth-order valence-electron chi connectivity index (χ4n) is 1.75. The molecular formula is C14H12Br2N2O2. The van der Waals surface area contributed by atoms with Crippen LogP contribution in [0.1, 0.15) is 5.56 Å². The largest absolute Gasteiger partial charge is 0.325 e. The number of aromatic nitrogens is 1. The zero-order valence-corrected chi connectivity index (χ0v) is 13.9. The van der Waals surface area contributed by atoms with Crippen molar-refractivity contribution in [3.63, 3.8) is 0 Å². The van der Waals surface area contributed by atoms with Crippen molar-refractivity contribution >= 4 is 43.5 Å². The SMILES string of the molecule is Cc1cc(Br)c(=O)n(CC(=O)Nc2ccc(Br)cc2)c1. The number of amides is 1. The molecule has 0 radical (unpaired) electrons. The minimum atomic E-state index is -0.244. The van der Waals surface area contributed by atoms with Gasteiger partial charge in [-0.15, -0.1) is 0 Å². The van der Waals surface area contributed by atoms with Crippen molar-refractivity contribution in [1.29, 1.82) is 0 Å². The van der Waals surface area contributed by atoms with Gasteiger partial charge in [0.1, 0.15) is 6.54 Å². The highest BCUT2D eigenvalue weighted by Gasteiger charge is 2.08. The van der Waals surface area contributed by atoms with Gasteiger partial charge >= 0.3 is 0 Å². The molecule has 0 aliphatic carbocycles. The fraction of sp³-hybridized carbons (Fsp3) is 0.143. The van der Waals surface area contributed by atoms with Gasteiger partial charge in [0.25, 0.3) is 5.56 Å². The Balaban J connectivity index is 2.12. The first-order chi connectivity index (χ1) is 9.45. The van der Waals surface area contributed by atoms with E-state index in [0.717, 1.165) is 10.0 Å². The summed E-state index contributed by atoms with van der Waals surface area (Å²) in [5, 5.41) is 2.75. The van der Waals surface area contributed by atoms with Crippen LogP contribution in [0.25, 0.3) is 0 Å². The molecule has 0 saturated heterocycles. The molecule has 104 valence electrons. The summed E-state index contributed by atoms with van der Waals surface area (Å²) in [6.07, 6.45) is 1.66. The highest BCUT2D eigenvalue weighted by atomic mass is 79.9. The fourth-order valence-corrected chi connectivity index (χ4v) is 2.60. The molecule has 1 aromatic carbocycles. The second kappa shape index (κ2) is 6.37. The Morgan fingerprint density at radius 2 is 1.90 bits per heavy atom. The van der Waals surface area contributed by atoms with Crippen molar-refractivity contribution in [3.05, 3.63) is 61.4 Å². The van der Waals surface area contributed by atoms with Gasteiger partial charge in [-0.2, -0.15) is 0 Å². The summed E-state index contributed by atoms with van der Waals surface area (Å²) >= 11 is 6.52. The van der Waals surface area contributed by atoms with Crippen LogP contribution in [-0.4, -0.2) is 10.5 Å². The van der Waals surface area contributed by atoms with E-state index in [2.05, 4.69) is 37.2 Å². The maximum Gasteiger partial charge on any atom is 0.265 e. The number of aryl methyl sites for hydroxylation is 1. The van der Waals surface area contributed by atoms with Crippen LogP contribution in [0, 0.1) is 6.92 Å². The first kappa shape index (κ1) is 15.0. The van der Waals surface area contributed by atoms with Crippen LogP contribution in [0.4, 0.5) is 5.69 Å². The lowest BCUT2D eigenvalue weighted by Crippen LogP contribution is -2.27. The topological polar surface area (TPSA) is 51.1 Å². The lowest BCUT2D eigenvalue weighted by atomic mass is 10.3. The molecule has 0 aliphatic heterocycles. The van der Waals surface area contributed by atoms with Crippen LogP contribution in [-0.2, 0) is 11.3 Å². The lowest BCUT2D eigenvalue weighted by Gasteiger charge is -2.09. The Kier molecular flexibility index (Phi) is 4.77. The molecule has 2 rings (SSSR count). The Morgan fingerprint density at radius 3 is 2.55 bits per heavy atom. The van der Waals surface area contributed by atoms with Crippen molar-refractivity contribution in [1.82, 2.24) is 4.57 Å². The van der Waals surface area contributed by atoms with Gasteiger partial charge in [-0.3, -0.25) is 9.59 Å². The second-order valence-electron chi connectivity index (χ2n) is 4.35. The molecule has 6 heteroatoms. The highest BCUT2D eigenvalue weighted by molar-refractivity contribution is 9.10. The summed E-state index contributed by atoms with van der Waals surface area (Å²) in [6, 6.07) is 8.98. The summed E-state index contributed by atoms with van der Waals surface area (Å²) in [6.45, 7) is 1.85. The maximum absolute atomic E-state index is 11.9. The second-order valence-corrected chi connectivity index (χ2v) is 6.12. The van der Waals surface area contributed by atoms with Gasteiger partial charge in [0.15, 0.2) is 0 Å². The number of nitrogens with one attached hydrogen (secondary N) is 1.